The number of likely N-dealkylation sites (N-methyl/N-ethyl adjacent to an activating group) is 1. The van der Waals surface area contributed by atoms with Crippen molar-refractivity contribution in [2.45, 2.75) is 193 Å². The summed E-state index contributed by atoms with van der Waals surface area (Å²) in [4.78, 5) is 36.7. The van der Waals surface area contributed by atoms with Gasteiger partial charge in [-0.3, -0.25) is 9.59 Å². The molecule has 0 saturated carbocycles. The van der Waals surface area contributed by atoms with Crippen LogP contribution in [0.4, 0.5) is 0 Å². The number of allylic oxidation sites excluding steroid dienone is 8. The molecule has 0 bridgehead atoms. The van der Waals surface area contributed by atoms with Crippen molar-refractivity contribution in [3.63, 3.8) is 0 Å². The first kappa shape index (κ1) is 52.3. The number of quaternary nitrogens is 1. The van der Waals surface area contributed by atoms with Gasteiger partial charge in [-0.05, 0) is 70.6 Å². The molecule has 0 aliphatic rings. The number of aliphatic carboxylic acids is 1. The van der Waals surface area contributed by atoms with Gasteiger partial charge < -0.3 is 28.6 Å². The molecule has 0 radical (unpaired) electrons. The average Bonchev–Trinajstić information content (AvgIpc) is 3.14. The van der Waals surface area contributed by atoms with Crippen LogP contribution in [0, 0.1) is 0 Å². The first-order valence-electron chi connectivity index (χ1n) is 22.2. The van der Waals surface area contributed by atoms with E-state index in [0.717, 1.165) is 64.2 Å². The number of carboxylic acid groups (broad SMARTS) is 1. The number of rotatable bonds is 39. The Kier molecular flexibility index (Phi) is 36.3. The zero-order valence-electron chi connectivity index (χ0n) is 36.1. The molecule has 0 spiro atoms. The molecule has 0 aliphatic carbocycles. The molecule has 0 fully saturated rings. The lowest BCUT2D eigenvalue weighted by atomic mass is 10.1. The van der Waals surface area contributed by atoms with Gasteiger partial charge in [-0.1, -0.05) is 140 Å². The molecule has 8 nitrogen and oxygen atoms in total. The first-order chi connectivity index (χ1) is 26.6. The van der Waals surface area contributed by atoms with Crippen molar-refractivity contribution in [3.8, 4) is 0 Å². The molecule has 2 unspecified atom stereocenters. The highest BCUT2D eigenvalue weighted by molar-refractivity contribution is 5.70. The SMILES string of the molecule is CC/C=C/C/C=C/CCCCC(=O)OCC(COCCC(C(=O)[O-])[N+](C)(C)C)OC(=O)CCCCCCCCC/C=C/C/C=C/CCCCCCCCCC. The van der Waals surface area contributed by atoms with E-state index >= 15 is 0 Å². The molecule has 0 amide bonds. The first-order valence-corrected chi connectivity index (χ1v) is 22.2. The zero-order valence-corrected chi connectivity index (χ0v) is 36.1. The van der Waals surface area contributed by atoms with E-state index < -0.39 is 18.1 Å². The Bertz CT molecular complexity index is 1040. The van der Waals surface area contributed by atoms with E-state index in [1.807, 2.05) is 0 Å². The quantitative estimate of drug-likeness (QED) is 0.0265. The van der Waals surface area contributed by atoms with E-state index in [4.69, 9.17) is 14.2 Å². The second-order valence-corrected chi connectivity index (χ2v) is 15.9. The van der Waals surface area contributed by atoms with Gasteiger partial charge in [0.25, 0.3) is 0 Å². The molecule has 2 atom stereocenters. The maximum atomic E-state index is 12.7. The monoisotopic (exact) mass is 774 g/mol. The van der Waals surface area contributed by atoms with E-state index in [1.54, 1.807) is 21.1 Å². The van der Waals surface area contributed by atoms with Crippen LogP contribution in [0.5, 0.6) is 0 Å². The summed E-state index contributed by atoms with van der Waals surface area (Å²) < 4.78 is 17.1. The molecule has 0 aliphatic heterocycles. The number of carbonyl (C=O) groups excluding carboxylic acids is 3. The summed E-state index contributed by atoms with van der Waals surface area (Å²) in [5, 5.41) is 11.6. The van der Waals surface area contributed by atoms with Crippen LogP contribution in [-0.4, -0.2) is 75.5 Å². The van der Waals surface area contributed by atoms with E-state index in [1.165, 1.54) is 83.5 Å². The predicted molar refractivity (Wildman–Crippen MR) is 226 cm³/mol. The summed E-state index contributed by atoms with van der Waals surface area (Å²) in [7, 11) is 5.39. The van der Waals surface area contributed by atoms with Crippen LogP contribution in [-0.2, 0) is 28.6 Å². The zero-order chi connectivity index (χ0) is 40.7. The molecule has 55 heavy (non-hydrogen) atoms. The van der Waals surface area contributed by atoms with E-state index in [0.29, 0.717) is 12.8 Å². The van der Waals surface area contributed by atoms with Crippen LogP contribution in [0.25, 0.3) is 0 Å². The Morgan fingerprint density at radius 1 is 0.564 bits per heavy atom. The Labute approximate surface area is 337 Å². The van der Waals surface area contributed by atoms with Gasteiger partial charge in [0.1, 0.15) is 12.6 Å². The number of hydrogen-bond donors (Lipinski definition) is 0. The lowest BCUT2D eigenvalue weighted by Gasteiger charge is -2.34. The fourth-order valence-electron chi connectivity index (χ4n) is 6.26. The highest BCUT2D eigenvalue weighted by Gasteiger charge is 2.25. The predicted octanol–water partition coefficient (Wildman–Crippen LogP) is 10.7. The third kappa shape index (κ3) is 36.7. The highest BCUT2D eigenvalue weighted by atomic mass is 16.6. The maximum absolute atomic E-state index is 12.7. The molecule has 0 aromatic heterocycles. The molecule has 0 aromatic carbocycles. The summed E-state index contributed by atoms with van der Waals surface area (Å²) in [6.07, 6.45) is 44.4. The fourth-order valence-corrected chi connectivity index (χ4v) is 6.26. The van der Waals surface area contributed by atoms with Gasteiger partial charge in [0.05, 0.1) is 40.3 Å². The molecular formula is C47H83NO7. The van der Waals surface area contributed by atoms with Gasteiger partial charge in [0, 0.05) is 19.3 Å². The van der Waals surface area contributed by atoms with E-state index in [9.17, 15) is 19.5 Å². The fraction of sp³-hybridized carbons (Fsp3) is 0.766. The van der Waals surface area contributed by atoms with Crippen LogP contribution in [0.2, 0.25) is 0 Å². The Morgan fingerprint density at radius 3 is 1.53 bits per heavy atom. The molecular weight excluding hydrogens is 691 g/mol. The maximum Gasteiger partial charge on any atom is 0.306 e. The average molecular weight is 774 g/mol. The number of carboxylic acids is 1. The van der Waals surface area contributed by atoms with Crippen molar-refractivity contribution < 1.29 is 38.2 Å². The normalized spacial score (nSPS) is 13.4. The highest BCUT2D eigenvalue weighted by Crippen LogP contribution is 2.13. The standard InChI is InChI=1S/C47H83NO7/c1-6-8-10-12-14-16-17-18-19-20-21-22-23-24-25-26-27-28-30-32-34-36-38-46(50)55-43(41-53-40-39-44(47(51)52)48(3,4)5)42-54-45(49)37-35-33-31-29-15-13-11-9-7-2/h9,11,15,20-21,23-24,29,43-44H,6-8,10,12-14,16-19,22,25-28,30-42H2,1-5H3/b11-9+,21-20+,24-23+,29-15+. The van der Waals surface area contributed by atoms with Gasteiger partial charge in [-0.2, -0.15) is 0 Å². The van der Waals surface area contributed by atoms with Crippen molar-refractivity contribution in [3.05, 3.63) is 48.6 Å². The minimum atomic E-state index is -1.13. The minimum Gasteiger partial charge on any atom is -0.544 e. The number of unbranched alkanes of at least 4 members (excludes halogenated alkanes) is 17. The van der Waals surface area contributed by atoms with Crippen LogP contribution in [0.15, 0.2) is 48.6 Å². The minimum absolute atomic E-state index is 0.0262. The van der Waals surface area contributed by atoms with Crippen molar-refractivity contribution in [1.29, 1.82) is 0 Å². The van der Waals surface area contributed by atoms with Gasteiger partial charge in [0.2, 0.25) is 0 Å². The number of ether oxygens (including phenoxy) is 3. The van der Waals surface area contributed by atoms with Gasteiger partial charge in [-0.15, -0.1) is 0 Å². The summed E-state index contributed by atoms with van der Waals surface area (Å²) >= 11 is 0. The summed E-state index contributed by atoms with van der Waals surface area (Å²) in [6, 6.07) is -0.732. The van der Waals surface area contributed by atoms with Gasteiger partial charge in [-0.25, -0.2) is 0 Å². The second-order valence-electron chi connectivity index (χ2n) is 15.9. The Morgan fingerprint density at radius 2 is 1.02 bits per heavy atom. The van der Waals surface area contributed by atoms with Crippen LogP contribution in [0.1, 0.15) is 181 Å². The molecule has 0 saturated heterocycles. The third-order valence-electron chi connectivity index (χ3n) is 9.70. The van der Waals surface area contributed by atoms with Gasteiger partial charge in [0.15, 0.2) is 6.10 Å². The number of esters is 2. The summed E-state index contributed by atoms with van der Waals surface area (Å²) in [5.41, 5.74) is 0. The molecule has 318 valence electrons. The lowest BCUT2D eigenvalue weighted by Crippen LogP contribution is -2.55. The molecule has 0 rings (SSSR count). The molecule has 0 heterocycles. The number of nitrogens with zero attached hydrogens (tertiary/aromatic N) is 1. The third-order valence-corrected chi connectivity index (χ3v) is 9.70. The summed E-state index contributed by atoms with van der Waals surface area (Å²) in [5.74, 6) is -1.79. The molecule has 0 aromatic rings. The molecule has 0 N–H and O–H groups in total. The summed E-state index contributed by atoms with van der Waals surface area (Å²) in [6.45, 7) is 4.48. The lowest BCUT2D eigenvalue weighted by molar-refractivity contribution is -0.889. The van der Waals surface area contributed by atoms with Crippen LogP contribution >= 0.6 is 0 Å². The van der Waals surface area contributed by atoms with Crippen molar-refractivity contribution in [1.82, 2.24) is 0 Å². The topological polar surface area (TPSA) is 102 Å². The Hall–Kier alpha value is -2.71. The second kappa shape index (κ2) is 38.2. The number of hydrogen-bond acceptors (Lipinski definition) is 7. The van der Waals surface area contributed by atoms with Crippen molar-refractivity contribution in [2.75, 3.05) is 41.0 Å². The van der Waals surface area contributed by atoms with E-state index in [2.05, 4.69) is 62.5 Å². The Balaban J connectivity index is 4.27. The largest absolute Gasteiger partial charge is 0.544 e. The number of carbonyl (C=O) groups is 3. The van der Waals surface area contributed by atoms with Crippen molar-refractivity contribution in [2.24, 2.45) is 0 Å². The smallest absolute Gasteiger partial charge is 0.306 e. The van der Waals surface area contributed by atoms with E-state index in [-0.39, 0.29) is 42.7 Å². The van der Waals surface area contributed by atoms with Crippen LogP contribution < -0.4 is 5.11 Å². The van der Waals surface area contributed by atoms with Crippen LogP contribution in [0.3, 0.4) is 0 Å². The van der Waals surface area contributed by atoms with Crippen molar-refractivity contribution >= 4 is 17.9 Å². The molecule has 8 heteroatoms. The van der Waals surface area contributed by atoms with Gasteiger partial charge >= 0.3 is 11.9 Å².